The van der Waals surface area contributed by atoms with Gasteiger partial charge in [0, 0.05) is 5.69 Å². The molecule has 0 aromatic carbocycles. The third kappa shape index (κ3) is 3.74. The molecule has 1 amide bonds. The Hall–Kier alpha value is -2.39. The van der Waals surface area contributed by atoms with Crippen LogP contribution >= 0.6 is 0 Å². The van der Waals surface area contributed by atoms with Crippen LogP contribution in [0, 0.1) is 0 Å². The maximum atomic E-state index is 12.5. The van der Waals surface area contributed by atoms with Gasteiger partial charge in [-0.05, 0) is 32.8 Å². The largest absolute Gasteiger partial charge is 0.451 e. The molecule has 24 heavy (non-hydrogen) atoms. The zero-order valence-corrected chi connectivity index (χ0v) is 14.0. The van der Waals surface area contributed by atoms with Crippen LogP contribution in [-0.2, 0) is 11.7 Å². The van der Waals surface area contributed by atoms with Gasteiger partial charge in [0.2, 0.25) is 11.8 Å². The number of carbonyl (C=O) groups excluding carboxylic acids is 1. The number of alkyl halides is 3. The van der Waals surface area contributed by atoms with Gasteiger partial charge in [-0.2, -0.15) is 23.3 Å². The monoisotopic (exact) mass is 344 g/mol. The number of halogens is 3. The number of nitrogens with zero attached hydrogens (tertiary/aromatic N) is 4. The van der Waals surface area contributed by atoms with Crippen LogP contribution in [0.3, 0.4) is 0 Å². The molecule has 0 fully saturated rings. The van der Waals surface area contributed by atoms with E-state index < -0.39 is 23.9 Å². The molecule has 132 valence electrons. The van der Waals surface area contributed by atoms with Gasteiger partial charge in [0.15, 0.2) is 5.69 Å². The molecule has 0 spiro atoms. The summed E-state index contributed by atoms with van der Waals surface area (Å²) in [5.74, 6) is -2.28. The summed E-state index contributed by atoms with van der Waals surface area (Å²) in [4.78, 5) is 15.4. The fraction of sp³-hybridized carbons (Fsp3) is 0.571. The third-order valence-corrected chi connectivity index (χ3v) is 3.18. The van der Waals surface area contributed by atoms with Crippen molar-refractivity contribution in [3.63, 3.8) is 0 Å². The first kappa shape index (κ1) is 18.0. The Labute approximate surface area is 136 Å². The van der Waals surface area contributed by atoms with Crippen LogP contribution in [-0.4, -0.2) is 30.9 Å². The Balaban J connectivity index is 2.26. The van der Waals surface area contributed by atoms with E-state index in [0.29, 0.717) is 0 Å². The van der Waals surface area contributed by atoms with Crippen molar-refractivity contribution in [2.24, 2.45) is 0 Å². The van der Waals surface area contributed by atoms with E-state index in [-0.39, 0.29) is 17.2 Å². The number of hydrogen-bond donors (Lipinski definition) is 2. The fourth-order valence-electron chi connectivity index (χ4n) is 2.07. The predicted molar refractivity (Wildman–Crippen MR) is 80.6 cm³/mol. The van der Waals surface area contributed by atoms with Crippen LogP contribution in [0.25, 0.3) is 0 Å². The lowest BCUT2D eigenvalue weighted by Gasteiger charge is -2.23. The highest BCUT2D eigenvalue weighted by molar-refractivity contribution is 6.01. The minimum absolute atomic E-state index is 0.0898. The normalized spacial score (nSPS) is 12.7. The van der Waals surface area contributed by atoms with Gasteiger partial charge >= 0.3 is 6.18 Å². The van der Waals surface area contributed by atoms with E-state index in [4.69, 9.17) is 0 Å². The molecule has 0 aliphatic carbocycles. The molecule has 2 aromatic rings. The van der Waals surface area contributed by atoms with E-state index in [1.807, 2.05) is 34.6 Å². The smallest absolute Gasteiger partial charge is 0.288 e. The summed E-state index contributed by atoms with van der Waals surface area (Å²) in [6, 6.07) is 1.61. The minimum Gasteiger partial charge on any atom is -0.288 e. The first-order valence-corrected chi connectivity index (χ1v) is 7.31. The number of aromatic nitrogens is 5. The molecular formula is C14H19F3N6O. The first-order valence-electron chi connectivity index (χ1n) is 7.31. The summed E-state index contributed by atoms with van der Waals surface area (Å²) >= 11 is 0. The lowest BCUT2D eigenvalue weighted by Crippen LogP contribution is -2.26. The molecule has 10 heteroatoms. The summed E-state index contributed by atoms with van der Waals surface area (Å²) in [7, 11) is 0. The minimum atomic E-state index is -4.66. The molecule has 2 aromatic heterocycles. The topological polar surface area (TPSA) is 88.5 Å². The van der Waals surface area contributed by atoms with E-state index in [9.17, 15) is 18.0 Å². The van der Waals surface area contributed by atoms with Crippen LogP contribution in [0.1, 0.15) is 62.5 Å². The lowest BCUT2D eigenvalue weighted by atomic mass is 10.1. The summed E-state index contributed by atoms with van der Waals surface area (Å²) in [6.45, 7) is 9.76. The van der Waals surface area contributed by atoms with Gasteiger partial charge in [-0.3, -0.25) is 19.9 Å². The molecule has 2 heterocycles. The Morgan fingerprint density at radius 1 is 1.29 bits per heavy atom. The number of nitrogens with one attached hydrogen (secondary N) is 2. The van der Waals surface area contributed by atoms with Crippen molar-refractivity contribution in [1.82, 2.24) is 25.0 Å². The molecule has 2 rings (SSSR count). The van der Waals surface area contributed by atoms with E-state index in [1.165, 1.54) is 0 Å². The van der Waals surface area contributed by atoms with Crippen molar-refractivity contribution in [3.8, 4) is 0 Å². The van der Waals surface area contributed by atoms with Crippen LogP contribution in [0.2, 0.25) is 0 Å². The van der Waals surface area contributed by atoms with Crippen LogP contribution < -0.4 is 5.32 Å². The summed E-state index contributed by atoms with van der Waals surface area (Å²) in [5, 5.41) is 11.6. The zero-order chi connectivity index (χ0) is 18.3. The van der Waals surface area contributed by atoms with Crippen LogP contribution in [0.15, 0.2) is 6.07 Å². The molecule has 0 bridgehead atoms. The Kier molecular flexibility index (Phi) is 4.42. The summed E-state index contributed by atoms with van der Waals surface area (Å²) in [5.41, 5.74) is 0.595. The zero-order valence-electron chi connectivity index (χ0n) is 14.0. The van der Waals surface area contributed by atoms with Gasteiger partial charge < -0.3 is 0 Å². The van der Waals surface area contributed by atoms with Crippen molar-refractivity contribution < 1.29 is 18.0 Å². The predicted octanol–water partition coefficient (Wildman–Crippen LogP) is 3.15. The summed E-state index contributed by atoms with van der Waals surface area (Å²) < 4.78 is 39.2. The first-order chi connectivity index (χ1) is 10.9. The van der Waals surface area contributed by atoms with Crippen molar-refractivity contribution in [2.45, 2.75) is 52.3 Å². The highest BCUT2D eigenvalue weighted by Gasteiger charge is 2.35. The van der Waals surface area contributed by atoms with Crippen LogP contribution in [0.5, 0.6) is 0 Å². The van der Waals surface area contributed by atoms with Crippen molar-refractivity contribution in [2.75, 3.05) is 5.32 Å². The highest BCUT2D eigenvalue weighted by Crippen LogP contribution is 2.27. The van der Waals surface area contributed by atoms with Gasteiger partial charge in [-0.15, -0.1) is 5.10 Å². The van der Waals surface area contributed by atoms with E-state index in [1.54, 1.807) is 15.8 Å². The number of aromatic amines is 1. The number of hydrogen-bond acceptors (Lipinski definition) is 4. The van der Waals surface area contributed by atoms with Crippen molar-refractivity contribution in [1.29, 1.82) is 0 Å². The quantitative estimate of drug-likeness (QED) is 0.895. The second-order valence-corrected chi connectivity index (χ2v) is 6.65. The maximum Gasteiger partial charge on any atom is 0.451 e. The number of anilines is 1. The van der Waals surface area contributed by atoms with Gasteiger partial charge in [0.1, 0.15) is 0 Å². The average molecular weight is 344 g/mol. The molecule has 0 aliphatic heterocycles. The van der Waals surface area contributed by atoms with Crippen molar-refractivity contribution >= 4 is 11.9 Å². The molecule has 7 nitrogen and oxygen atoms in total. The van der Waals surface area contributed by atoms with Crippen molar-refractivity contribution in [3.05, 3.63) is 23.3 Å². The van der Waals surface area contributed by atoms with Gasteiger partial charge in [0.05, 0.1) is 5.54 Å². The summed E-state index contributed by atoms with van der Waals surface area (Å²) in [6.07, 6.45) is -4.66. The molecule has 0 unspecified atom stereocenters. The lowest BCUT2D eigenvalue weighted by molar-refractivity contribution is -0.144. The number of rotatable bonds is 3. The SMILES string of the molecule is CC(C)c1cc(C(=O)Nc2n[nH]c(C(F)(F)F)n2)nn1C(C)(C)C. The highest BCUT2D eigenvalue weighted by atomic mass is 19.4. The van der Waals surface area contributed by atoms with Crippen LogP contribution in [0.4, 0.5) is 19.1 Å². The molecule has 0 radical (unpaired) electrons. The number of carbonyl (C=O) groups is 1. The number of amides is 1. The van der Waals surface area contributed by atoms with E-state index in [2.05, 4.69) is 20.5 Å². The molecule has 0 aliphatic rings. The molecule has 0 atom stereocenters. The standard InChI is InChI=1S/C14H19F3N6O/c1-7(2)9-6-8(22-23(9)13(3,4)5)10(24)18-12-19-11(20-21-12)14(15,16)17/h6-7H,1-5H3,(H2,18,19,20,21,24). The number of H-pyrrole nitrogens is 1. The molecule has 0 saturated carbocycles. The molecular weight excluding hydrogens is 325 g/mol. The molecule has 0 saturated heterocycles. The Bertz CT molecular complexity index is 739. The third-order valence-electron chi connectivity index (χ3n) is 3.18. The fourth-order valence-corrected chi connectivity index (χ4v) is 2.07. The maximum absolute atomic E-state index is 12.5. The average Bonchev–Trinajstić information content (AvgIpc) is 3.02. The van der Waals surface area contributed by atoms with Gasteiger partial charge in [-0.25, -0.2) is 0 Å². The molecule has 2 N–H and O–H groups in total. The van der Waals surface area contributed by atoms with Gasteiger partial charge in [-0.1, -0.05) is 13.8 Å². The van der Waals surface area contributed by atoms with E-state index in [0.717, 1.165) is 5.69 Å². The second-order valence-electron chi connectivity index (χ2n) is 6.65. The Morgan fingerprint density at radius 3 is 2.33 bits per heavy atom. The van der Waals surface area contributed by atoms with E-state index >= 15 is 0 Å². The second kappa shape index (κ2) is 5.91. The Morgan fingerprint density at radius 2 is 1.92 bits per heavy atom. The van der Waals surface area contributed by atoms with Gasteiger partial charge in [0.25, 0.3) is 5.91 Å².